The van der Waals surface area contributed by atoms with Crippen LogP contribution in [-0.2, 0) is 11.3 Å². The van der Waals surface area contributed by atoms with Gasteiger partial charge in [0.05, 0.1) is 23.6 Å². The van der Waals surface area contributed by atoms with Crippen LogP contribution in [0.15, 0.2) is 18.5 Å². The monoisotopic (exact) mass is 471 g/mol. The van der Waals surface area contributed by atoms with Crippen LogP contribution >= 0.6 is 23.3 Å². The molecular weight excluding hydrogens is 442 g/mol. The highest BCUT2D eigenvalue weighted by Gasteiger charge is 2.23. The molecule has 2 aliphatic rings. The van der Waals surface area contributed by atoms with Crippen LogP contribution in [0.4, 0.5) is 11.8 Å². The van der Waals surface area contributed by atoms with Crippen molar-refractivity contribution in [3.63, 3.8) is 0 Å². The van der Waals surface area contributed by atoms with E-state index in [1.807, 2.05) is 23.3 Å². The average molecular weight is 472 g/mol. The number of nitrogen functional groups attached to an aromatic ring is 1. The molecule has 170 valence electrons. The molecule has 0 radical (unpaired) electrons. The van der Waals surface area contributed by atoms with Crippen LogP contribution in [0, 0.1) is 6.92 Å². The fourth-order valence-corrected chi connectivity index (χ4v) is 6.15. The van der Waals surface area contributed by atoms with Crippen LogP contribution in [0.3, 0.4) is 0 Å². The number of aryl methyl sites for hydroxylation is 1. The van der Waals surface area contributed by atoms with Crippen molar-refractivity contribution in [2.75, 3.05) is 69.4 Å². The summed E-state index contributed by atoms with van der Waals surface area (Å²) in [6, 6.07) is 2.19. The van der Waals surface area contributed by atoms with E-state index in [1.54, 1.807) is 12.4 Å². The minimum atomic E-state index is 0.277. The number of nitrogens with two attached hydrogens (primary N) is 1. The van der Waals surface area contributed by atoms with Crippen LogP contribution in [0.25, 0.3) is 21.3 Å². The quantitative estimate of drug-likeness (QED) is 0.565. The van der Waals surface area contributed by atoms with Gasteiger partial charge in [-0.15, -0.1) is 11.3 Å². The molecule has 2 N–H and O–H groups in total. The van der Waals surface area contributed by atoms with Crippen molar-refractivity contribution in [3.8, 4) is 11.3 Å². The first-order valence-corrected chi connectivity index (χ1v) is 13.0. The van der Waals surface area contributed by atoms with Gasteiger partial charge in [-0.05, 0) is 24.8 Å². The number of anilines is 2. The summed E-state index contributed by atoms with van der Waals surface area (Å²) >= 11 is 3.74. The van der Waals surface area contributed by atoms with Gasteiger partial charge in [-0.3, -0.25) is 4.90 Å². The Morgan fingerprint density at radius 2 is 1.81 bits per heavy atom. The van der Waals surface area contributed by atoms with Gasteiger partial charge in [-0.2, -0.15) is 0 Å². The van der Waals surface area contributed by atoms with Gasteiger partial charge in [-0.25, -0.2) is 19.3 Å². The maximum atomic E-state index is 5.70. The Bertz CT molecular complexity index is 1070. The summed E-state index contributed by atoms with van der Waals surface area (Å²) in [5.41, 5.74) is 8.83. The van der Waals surface area contributed by atoms with Crippen molar-refractivity contribution >= 4 is 45.1 Å². The number of hydrogen-bond donors (Lipinski definition) is 1. The Morgan fingerprint density at radius 3 is 2.50 bits per heavy atom. The second-order valence-corrected chi connectivity index (χ2v) is 10.2. The molecule has 32 heavy (non-hydrogen) atoms. The number of hydrogen-bond acceptors (Lipinski definition) is 10. The zero-order valence-electron chi connectivity index (χ0n) is 18.6. The third-order valence-electron chi connectivity index (χ3n) is 6.24. The summed E-state index contributed by atoms with van der Waals surface area (Å²) in [6.45, 7) is 10.9. The van der Waals surface area contributed by atoms with E-state index in [0.717, 1.165) is 76.1 Å². The molecular formula is C22H29N7OS2. The Morgan fingerprint density at radius 1 is 1.09 bits per heavy atom. The number of piperazine rings is 1. The summed E-state index contributed by atoms with van der Waals surface area (Å²) in [5.74, 6) is 1.32. The third-order valence-corrected chi connectivity index (χ3v) is 8.41. The molecule has 0 spiro atoms. The standard InChI is InChI=1S/C22H29N7OS2/c1-15-17-11-18(16-12-24-22(23)25-13-16)26-21(28-7-9-30-10-8-28)20(17)32-19(15)14-27-3-5-29(31-2)6-4-27/h11-13H,3-10,14H2,1-2H3,(H2,23,24,25). The van der Waals surface area contributed by atoms with Crippen molar-refractivity contribution in [2.45, 2.75) is 13.5 Å². The lowest BCUT2D eigenvalue weighted by molar-refractivity contribution is 0.122. The molecule has 0 aliphatic carbocycles. The smallest absolute Gasteiger partial charge is 0.219 e. The topological polar surface area (TPSA) is 83.6 Å². The molecule has 8 nitrogen and oxygen atoms in total. The molecule has 0 unspecified atom stereocenters. The highest BCUT2D eigenvalue weighted by molar-refractivity contribution is 7.96. The first kappa shape index (κ1) is 21.8. The van der Waals surface area contributed by atoms with Crippen LogP contribution < -0.4 is 10.6 Å². The second kappa shape index (κ2) is 9.48. The number of aromatic nitrogens is 3. The van der Waals surface area contributed by atoms with E-state index in [9.17, 15) is 0 Å². The first-order valence-electron chi connectivity index (χ1n) is 11.0. The van der Waals surface area contributed by atoms with Gasteiger partial charge in [0, 0.05) is 74.0 Å². The van der Waals surface area contributed by atoms with Crippen LogP contribution in [0.1, 0.15) is 10.4 Å². The Labute approximate surface area is 196 Å². The Kier molecular flexibility index (Phi) is 6.47. The highest BCUT2D eigenvalue weighted by Crippen LogP contribution is 2.39. The molecule has 2 aliphatic heterocycles. The van der Waals surface area contributed by atoms with Crippen molar-refractivity contribution in [1.82, 2.24) is 24.2 Å². The first-order chi connectivity index (χ1) is 15.6. The number of ether oxygens (including phenoxy) is 1. The lowest BCUT2D eigenvalue weighted by atomic mass is 10.1. The molecule has 0 saturated carbocycles. The lowest BCUT2D eigenvalue weighted by Gasteiger charge is -2.33. The number of morpholine rings is 1. The molecule has 3 aromatic rings. The number of nitrogens with zero attached hydrogens (tertiary/aromatic N) is 6. The van der Waals surface area contributed by atoms with Gasteiger partial charge in [-0.1, -0.05) is 11.9 Å². The third kappa shape index (κ3) is 4.42. The number of rotatable bonds is 5. The predicted molar refractivity (Wildman–Crippen MR) is 133 cm³/mol. The zero-order chi connectivity index (χ0) is 22.1. The normalized spacial score (nSPS) is 18.5. The molecule has 5 heterocycles. The number of pyridine rings is 1. The maximum Gasteiger partial charge on any atom is 0.219 e. The maximum absolute atomic E-state index is 5.70. The fraction of sp³-hybridized carbons (Fsp3) is 0.500. The van der Waals surface area contributed by atoms with Crippen molar-refractivity contribution in [2.24, 2.45) is 0 Å². The molecule has 0 amide bonds. The molecule has 2 saturated heterocycles. The SMILES string of the molecule is CSN1CCN(Cc2sc3c(N4CCOCC4)nc(-c4cnc(N)nc4)cc3c2C)CC1. The summed E-state index contributed by atoms with van der Waals surface area (Å²) in [4.78, 5) is 19.8. The Hall–Kier alpha value is -1.98. The van der Waals surface area contributed by atoms with Gasteiger partial charge in [0.2, 0.25) is 5.95 Å². The summed E-state index contributed by atoms with van der Waals surface area (Å²) < 4.78 is 9.30. The molecule has 2 fully saturated rings. The zero-order valence-corrected chi connectivity index (χ0v) is 20.2. The molecule has 0 atom stereocenters. The number of fused-ring (bicyclic) bond motifs is 1. The van der Waals surface area contributed by atoms with E-state index in [-0.39, 0.29) is 5.95 Å². The van der Waals surface area contributed by atoms with E-state index in [2.05, 4.69) is 43.3 Å². The van der Waals surface area contributed by atoms with Crippen LogP contribution in [-0.4, -0.2) is 82.9 Å². The predicted octanol–water partition coefficient (Wildman–Crippen LogP) is 2.88. The molecule has 0 bridgehead atoms. The minimum Gasteiger partial charge on any atom is -0.378 e. The molecule has 10 heteroatoms. The van der Waals surface area contributed by atoms with Gasteiger partial charge >= 0.3 is 0 Å². The van der Waals surface area contributed by atoms with Crippen LogP contribution in [0.5, 0.6) is 0 Å². The van der Waals surface area contributed by atoms with E-state index >= 15 is 0 Å². The molecule has 5 rings (SSSR count). The summed E-state index contributed by atoms with van der Waals surface area (Å²) in [5, 5.41) is 1.27. The van der Waals surface area contributed by atoms with E-state index in [1.165, 1.54) is 20.5 Å². The average Bonchev–Trinajstić information content (AvgIpc) is 3.15. The van der Waals surface area contributed by atoms with Crippen molar-refractivity contribution < 1.29 is 4.74 Å². The number of thiophene rings is 1. The highest BCUT2D eigenvalue weighted by atomic mass is 32.2. The van der Waals surface area contributed by atoms with Gasteiger partial charge < -0.3 is 15.4 Å². The molecule has 3 aromatic heterocycles. The van der Waals surface area contributed by atoms with Gasteiger partial charge in [0.1, 0.15) is 5.82 Å². The van der Waals surface area contributed by atoms with Crippen LogP contribution in [0.2, 0.25) is 0 Å². The van der Waals surface area contributed by atoms with E-state index in [0.29, 0.717) is 0 Å². The summed E-state index contributed by atoms with van der Waals surface area (Å²) in [7, 11) is 0. The van der Waals surface area contributed by atoms with Crippen molar-refractivity contribution in [1.29, 1.82) is 0 Å². The summed E-state index contributed by atoms with van der Waals surface area (Å²) in [6.07, 6.45) is 5.68. The van der Waals surface area contributed by atoms with E-state index < -0.39 is 0 Å². The largest absolute Gasteiger partial charge is 0.378 e. The second-order valence-electron chi connectivity index (χ2n) is 8.18. The minimum absolute atomic E-state index is 0.277. The molecule has 0 aromatic carbocycles. The fourth-order valence-electron chi connectivity index (χ4n) is 4.28. The van der Waals surface area contributed by atoms with Gasteiger partial charge in [0.15, 0.2) is 0 Å². The van der Waals surface area contributed by atoms with Gasteiger partial charge in [0.25, 0.3) is 0 Å². The van der Waals surface area contributed by atoms with E-state index in [4.69, 9.17) is 15.5 Å². The van der Waals surface area contributed by atoms with Crippen molar-refractivity contribution in [3.05, 3.63) is 28.9 Å². The lowest BCUT2D eigenvalue weighted by Crippen LogP contribution is -2.42. The Balaban J connectivity index is 1.53.